The largest absolute Gasteiger partial charge is 0.394 e. The van der Waals surface area contributed by atoms with Crippen LogP contribution < -0.4 is 5.32 Å². The lowest BCUT2D eigenvalue weighted by Crippen LogP contribution is -2.33. The monoisotopic (exact) mass is 375 g/mol. The van der Waals surface area contributed by atoms with Crippen molar-refractivity contribution in [2.75, 3.05) is 11.9 Å². The van der Waals surface area contributed by atoms with Gasteiger partial charge in [0, 0.05) is 12.0 Å². The van der Waals surface area contributed by atoms with E-state index in [9.17, 15) is 15.3 Å². The van der Waals surface area contributed by atoms with E-state index in [-0.39, 0.29) is 6.61 Å². The number of ether oxygens (including phenoxy) is 2. The highest BCUT2D eigenvalue weighted by molar-refractivity contribution is 5.83. The van der Waals surface area contributed by atoms with E-state index in [1.54, 1.807) is 4.57 Å². The van der Waals surface area contributed by atoms with E-state index in [1.165, 1.54) is 19.1 Å². The number of aliphatic hydroxyl groups excluding tert-OH is 3. The number of rotatable bonds is 4. The van der Waals surface area contributed by atoms with Crippen molar-refractivity contribution in [1.29, 1.82) is 0 Å². The fourth-order valence-corrected chi connectivity index (χ4v) is 5.20. The van der Waals surface area contributed by atoms with Gasteiger partial charge in [0.05, 0.1) is 25.1 Å². The molecule has 2 aliphatic heterocycles. The van der Waals surface area contributed by atoms with Crippen molar-refractivity contribution in [3.63, 3.8) is 0 Å². The highest BCUT2D eigenvalue weighted by Crippen LogP contribution is 2.56. The molecule has 2 saturated heterocycles. The maximum Gasteiger partial charge on any atom is 0.167 e. The molecule has 2 aliphatic carbocycles. The molecule has 4 N–H and O–H groups in total. The minimum atomic E-state index is -1.18. The Morgan fingerprint density at radius 1 is 1.11 bits per heavy atom. The Labute approximate surface area is 154 Å². The van der Waals surface area contributed by atoms with E-state index in [0.717, 1.165) is 6.42 Å². The molecule has 10 nitrogen and oxygen atoms in total. The van der Waals surface area contributed by atoms with Gasteiger partial charge in [0.2, 0.25) is 0 Å². The predicted octanol–water partition coefficient (Wildman–Crippen LogP) is -0.974. The minimum absolute atomic E-state index is 0.316. The van der Waals surface area contributed by atoms with E-state index in [0.29, 0.717) is 47.1 Å². The van der Waals surface area contributed by atoms with Gasteiger partial charge in [0.1, 0.15) is 24.6 Å². The molecule has 9 atom stereocenters. The van der Waals surface area contributed by atoms with E-state index >= 15 is 0 Å². The molecule has 0 amide bonds. The highest BCUT2D eigenvalue weighted by Gasteiger charge is 2.63. The molecule has 2 saturated carbocycles. The molecule has 2 aromatic rings. The lowest BCUT2D eigenvalue weighted by molar-refractivity contribution is -0.0511. The third kappa shape index (κ3) is 2.21. The molecular formula is C17H21N5O5. The summed E-state index contributed by atoms with van der Waals surface area (Å²) in [4.78, 5) is 13.1. The van der Waals surface area contributed by atoms with E-state index < -0.39 is 24.5 Å². The summed E-state index contributed by atoms with van der Waals surface area (Å²) in [5.74, 6) is 1.82. The molecule has 0 radical (unpaired) electrons. The first-order valence-electron chi connectivity index (χ1n) is 9.37. The van der Waals surface area contributed by atoms with E-state index in [4.69, 9.17) is 9.47 Å². The molecular weight excluding hydrogens is 354 g/mol. The lowest BCUT2D eigenvalue weighted by Gasteiger charge is -2.21. The second kappa shape index (κ2) is 5.58. The van der Waals surface area contributed by atoms with Gasteiger partial charge in [0.15, 0.2) is 23.2 Å². The molecule has 2 bridgehead atoms. The summed E-state index contributed by atoms with van der Waals surface area (Å²) >= 11 is 0. The lowest BCUT2D eigenvalue weighted by atomic mass is 9.95. The highest BCUT2D eigenvalue weighted by atomic mass is 16.6. The van der Waals surface area contributed by atoms with Crippen LogP contribution in [0, 0.1) is 11.8 Å². The number of epoxide rings is 1. The van der Waals surface area contributed by atoms with Crippen LogP contribution in [0.4, 0.5) is 5.82 Å². The van der Waals surface area contributed by atoms with Crippen molar-refractivity contribution >= 4 is 17.0 Å². The number of anilines is 1. The molecule has 6 rings (SSSR count). The summed E-state index contributed by atoms with van der Waals surface area (Å²) in [5, 5.41) is 33.1. The first-order chi connectivity index (χ1) is 13.2. The SMILES string of the molecule is OC[C@H]1O[C@@H](n2cnc3c(N[C@@H]4CC5CC4C4OC54)ncnc32)[C@H](O)[C@@H]1O. The molecule has 10 heteroatoms. The number of nitrogens with zero attached hydrogens (tertiary/aromatic N) is 4. The molecule has 4 fully saturated rings. The Hall–Kier alpha value is -1.85. The van der Waals surface area contributed by atoms with Gasteiger partial charge in [-0.15, -0.1) is 0 Å². The Balaban J connectivity index is 1.30. The van der Waals surface area contributed by atoms with Crippen molar-refractivity contribution in [2.24, 2.45) is 11.8 Å². The molecule has 0 spiro atoms. The molecule has 2 aromatic heterocycles. The van der Waals surface area contributed by atoms with Crippen LogP contribution in [0.5, 0.6) is 0 Å². The van der Waals surface area contributed by atoms with Gasteiger partial charge in [-0.05, 0) is 18.8 Å². The second-order valence-corrected chi connectivity index (χ2v) is 7.99. The van der Waals surface area contributed by atoms with Gasteiger partial charge in [0.25, 0.3) is 0 Å². The third-order valence-corrected chi connectivity index (χ3v) is 6.57. The maximum absolute atomic E-state index is 10.3. The van der Waals surface area contributed by atoms with Crippen molar-refractivity contribution in [2.45, 2.75) is 55.6 Å². The molecule has 144 valence electrons. The van der Waals surface area contributed by atoms with Crippen LogP contribution in [0.3, 0.4) is 0 Å². The number of fused-ring (bicyclic) bond motifs is 6. The number of nitrogens with one attached hydrogen (secondary N) is 1. The Kier molecular flexibility index (Phi) is 3.34. The number of hydrogen-bond donors (Lipinski definition) is 4. The zero-order valence-corrected chi connectivity index (χ0v) is 14.4. The Morgan fingerprint density at radius 2 is 2.00 bits per heavy atom. The summed E-state index contributed by atoms with van der Waals surface area (Å²) in [6.07, 6.45) is 2.07. The van der Waals surface area contributed by atoms with Gasteiger partial charge in [-0.25, -0.2) is 15.0 Å². The second-order valence-electron chi connectivity index (χ2n) is 7.99. The Bertz CT molecular complexity index is 892. The number of hydrogen-bond acceptors (Lipinski definition) is 9. The van der Waals surface area contributed by atoms with Crippen LogP contribution in [0.2, 0.25) is 0 Å². The summed E-state index contributed by atoms with van der Waals surface area (Å²) in [6.45, 7) is -0.377. The van der Waals surface area contributed by atoms with Crippen LogP contribution >= 0.6 is 0 Å². The maximum atomic E-state index is 10.3. The standard InChI is InChI=1S/C17H21N5O5/c23-3-9-11(24)12(25)17(26-9)22-5-20-10-15(18-4-19-16(10)22)21-8-2-6-1-7(8)14-13(6)27-14/h4-9,11-14,17,23-25H,1-3H2,(H,18,19,21)/t6?,7?,8-,9-,11-,12-,13?,14?,17-/m1/s1. The van der Waals surface area contributed by atoms with Crippen molar-refractivity contribution in [1.82, 2.24) is 19.5 Å². The number of aliphatic hydroxyl groups is 3. The topological polar surface area (TPSA) is 138 Å². The zero-order valence-electron chi connectivity index (χ0n) is 14.4. The molecule has 4 heterocycles. The van der Waals surface area contributed by atoms with Gasteiger partial charge in [-0.1, -0.05) is 0 Å². The average Bonchev–Trinajstić information content (AvgIpc) is 2.95. The summed E-state index contributed by atoms with van der Waals surface area (Å²) in [6, 6.07) is 0.316. The number of imidazole rings is 1. The fourth-order valence-electron chi connectivity index (χ4n) is 5.20. The van der Waals surface area contributed by atoms with Crippen molar-refractivity contribution in [3.05, 3.63) is 12.7 Å². The first kappa shape index (κ1) is 16.1. The number of aromatic nitrogens is 4. The summed E-state index contributed by atoms with van der Waals surface area (Å²) in [5.41, 5.74) is 1.09. The molecule has 4 aliphatic rings. The van der Waals surface area contributed by atoms with Crippen LogP contribution in [-0.4, -0.2) is 78.0 Å². The molecule has 4 unspecified atom stereocenters. The van der Waals surface area contributed by atoms with Crippen molar-refractivity contribution < 1.29 is 24.8 Å². The minimum Gasteiger partial charge on any atom is -0.394 e. The van der Waals surface area contributed by atoms with Gasteiger partial charge >= 0.3 is 0 Å². The van der Waals surface area contributed by atoms with E-state index in [1.807, 2.05) is 0 Å². The Morgan fingerprint density at radius 3 is 2.74 bits per heavy atom. The predicted molar refractivity (Wildman–Crippen MR) is 90.6 cm³/mol. The van der Waals surface area contributed by atoms with Crippen LogP contribution in [-0.2, 0) is 9.47 Å². The average molecular weight is 375 g/mol. The zero-order chi connectivity index (χ0) is 18.3. The van der Waals surface area contributed by atoms with Crippen LogP contribution in [0.15, 0.2) is 12.7 Å². The summed E-state index contributed by atoms with van der Waals surface area (Å²) in [7, 11) is 0. The third-order valence-electron chi connectivity index (χ3n) is 6.57. The quantitative estimate of drug-likeness (QED) is 0.497. The van der Waals surface area contributed by atoms with E-state index in [2.05, 4.69) is 20.3 Å². The smallest absolute Gasteiger partial charge is 0.167 e. The fraction of sp³-hybridized carbons (Fsp3) is 0.706. The van der Waals surface area contributed by atoms with Gasteiger partial charge < -0.3 is 30.1 Å². The first-order valence-corrected chi connectivity index (χ1v) is 9.37. The van der Waals surface area contributed by atoms with Crippen molar-refractivity contribution in [3.8, 4) is 0 Å². The van der Waals surface area contributed by atoms with Gasteiger partial charge in [-0.3, -0.25) is 4.57 Å². The van der Waals surface area contributed by atoms with Gasteiger partial charge in [-0.2, -0.15) is 0 Å². The summed E-state index contributed by atoms with van der Waals surface area (Å²) < 4.78 is 12.9. The molecule has 0 aromatic carbocycles. The van der Waals surface area contributed by atoms with Crippen LogP contribution in [0.25, 0.3) is 11.2 Å². The normalized spacial score (nSPS) is 44.8. The van der Waals surface area contributed by atoms with Crippen LogP contribution in [0.1, 0.15) is 19.1 Å². The molecule has 27 heavy (non-hydrogen) atoms.